The molecule has 27 heavy (non-hydrogen) atoms. The summed E-state index contributed by atoms with van der Waals surface area (Å²) in [6.07, 6.45) is 3.85. The molecule has 1 saturated heterocycles. The number of carbonyl (C=O) groups excluding carboxylic acids is 1. The Balaban J connectivity index is 1.73. The molecular weight excluding hydrogens is 348 g/mol. The van der Waals surface area contributed by atoms with E-state index >= 15 is 0 Å². The quantitative estimate of drug-likeness (QED) is 0.741. The molecule has 0 radical (unpaired) electrons. The Morgan fingerprint density at radius 3 is 3.04 bits per heavy atom. The summed E-state index contributed by atoms with van der Waals surface area (Å²) in [7, 11) is 3.27. The number of aromatic nitrogens is 2. The van der Waals surface area contributed by atoms with Crippen LogP contribution in [0.4, 0.5) is 10.7 Å². The Kier molecular flexibility index (Phi) is 6.67. The zero-order valence-corrected chi connectivity index (χ0v) is 15.7. The molecule has 1 atom stereocenters. The monoisotopic (exact) mass is 374 g/mol. The van der Waals surface area contributed by atoms with Crippen LogP contribution in [-0.2, 0) is 16.0 Å². The molecular formula is C19H26N4O4. The number of imidazole rings is 1. The number of amides is 2. The van der Waals surface area contributed by atoms with Crippen molar-refractivity contribution in [2.75, 3.05) is 39.3 Å². The SMILES string of the molecule is COCCn1c(-c2cccc(OC)c2)cnc1NC(=O)NCC1CCCO1. The van der Waals surface area contributed by atoms with Crippen molar-refractivity contribution in [2.24, 2.45) is 0 Å². The van der Waals surface area contributed by atoms with E-state index in [-0.39, 0.29) is 12.1 Å². The van der Waals surface area contributed by atoms with Crippen LogP contribution in [0.25, 0.3) is 11.3 Å². The summed E-state index contributed by atoms with van der Waals surface area (Å²) < 4.78 is 18.0. The van der Waals surface area contributed by atoms with Crippen LogP contribution in [0.2, 0.25) is 0 Å². The molecule has 2 aromatic rings. The lowest BCUT2D eigenvalue weighted by Crippen LogP contribution is -2.35. The maximum Gasteiger partial charge on any atom is 0.321 e. The van der Waals surface area contributed by atoms with Crippen LogP contribution in [0.15, 0.2) is 30.5 Å². The van der Waals surface area contributed by atoms with E-state index in [0.29, 0.717) is 25.6 Å². The fraction of sp³-hybridized carbons (Fsp3) is 0.474. The number of nitrogens with zero attached hydrogens (tertiary/aromatic N) is 2. The van der Waals surface area contributed by atoms with E-state index in [2.05, 4.69) is 15.6 Å². The second kappa shape index (κ2) is 9.38. The summed E-state index contributed by atoms with van der Waals surface area (Å²) >= 11 is 0. The number of hydrogen-bond acceptors (Lipinski definition) is 5. The number of ether oxygens (including phenoxy) is 3. The summed E-state index contributed by atoms with van der Waals surface area (Å²) in [5.41, 5.74) is 1.83. The molecule has 0 saturated carbocycles. The fourth-order valence-corrected chi connectivity index (χ4v) is 3.05. The third-order valence-electron chi connectivity index (χ3n) is 4.48. The number of benzene rings is 1. The number of nitrogens with one attached hydrogen (secondary N) is 2. The highest BCUT2D eigenvalue weighted by Gasteiger charge is 2.18. The van der Waals surface area contributed by atoms with Gasteiger partial charge in [-0.3, -0.25) is 5.32 Å². The van der Waals surface area contributed by atoms with Gasteiger partial charge in [0.2, 0.25) is 5.95 Å². The van der Waals surface area contributed by atoms with E-state index in [9.17, 15) is 4.79 Å². The van der Waals surface area contributed by atoms with Crippen molar-refractivity contribution < 1.29 is 19.0 Å². The van der Waals surface area contributed by atoms with Crippen molar-refractivity contribution in [3.63, 3.8) is 0 Å². The van der Waals surface area contributed by atoms with Gasteiger partial charge in [0.25, 0.3) is 0 Å². The fourth-order valence-electron chi connectivity index (χ4n) is 3.05. The van der Waals surface area contributed by atoms with Gasteiger partial charge in [0.05, 0.1) is 31.7 Å². The first kappa shape index (κ1) is 19.2. The second-order valence-corrected chi connectivity index (χ2v) is 6.31. The van der Waals surface area contributed by atoms with Crippen molar-refractivity contribution in [3.05, 3.63) is 30.5 Å². The number of carbonyl (C=O) groups is 1. The van der Waals surface area contributed by atoms with Crippen LogP contribution in [0.3, 0.4) is 0 Å². The van der Waals surface area contributed by atoms with Crippen molar-refractivity contribution in [1.82, 2.24) is 14.9 Å². The number of rotatable bonds is 8. The first-order valence-electron chi connectivity index (χ1n) is 9.06. The summed E-state index contributed by atoms with van der Waals surface area (Å²) in [4.78, 5) is 16.6. The van der Waals surface area contributed by atoms with Gasteiger partial charge >= 0.3 is 6.03 Å². The van der Waals surface area contributed by atoms with Gasteiger partial charge in [-0.05, 0) is 25.0 Å². The third-order valence-corrected chi connectivity index (χ3v) is 4.48. The lowest BCUT2D eigenvalue weighted by molar-refractivity contribution is 0.112. The molecule has 3 rings (SSSR count). The van der Waals surface area contributed by atoms with Crippen LogP contribution in [0.5, 0.6) is 5.75 Å². The smallest absolute Gasteiger partial charge is 0.321 e. The lowest BCUT2D eigenvalue weighted by Gasteiger charge is -2.14. The molecule has 0 aliphatic carbocycles. The largest absolute Gasteiger partial charge is 0.497 e. The van der Waals surface area contributed by atoms with E-state index in [0.717, 1.165) is 36.5 Å². The Morgan fingerprint density at radius 2 is 2.30 bits per heavy atom. The predicted octanol–water partition coefficient (Wildman–Crippen LogP) is 2.51. The molecule has 0 bridgehead atoms. The summed E-state index contributed by atoms with van der Waals surface area (Å²) in [6, 6.07) is 7.42. The minimum Gasteiger partial charge on any atom is -0.497 e. The number of methoxy groups -OCH3 is 2. The van der Waals surface area contributed by atoms with E-state index in [4.69, 9.17) is 14.2 Å². The average Bonchev–Trinajstić information content (AvgIpc) is 3.35. The molecule has 2 N–H and O–H groups in total. The predicted molar refractivity (Wildman–Crippen MR) is 102 cm³/mol. The molecule has 2 heterocycles. The van der Waals surface area contributed by atoms with Crippen molar-refractivity contribution >= 4 is 12.0 Å². The second-order valence-electron chi connectivity index (χ2n) is 6.31. The van der Waals surface area contributed by atoms with E-state index in [1.165, 1.54) is 0 Å². The Hall–Kier alpha value is -2.58. The molecule has 8 nitrogen and oxygen atoms in total. The van der Waals surface area contributed by atoms with Crippen LogP contribution in [-0.4, -0.2) is 55.7 Å². The zero-order valence-electron chi connectivity index (χ0n) is 15.7. The Bertz CT molecular complexity index is 756. The van der Waals surface area contributed by atoms with E-state index in [1.807, 2.05) is 28.8 Å². The van der Waals surface area contributed by atoms with Gasteiger partial charge in [-0.1, -0.05) is 12.1 Å². The van der Waals surface area contributed by atoms with Crippen molar-refractivity contribution in [2.45, 2.75) is 25.5 Å². The molecule has 1 aromatic carbocycles. The maximum atomic E-state index is 12.3. The van der Waals surface area contributed by atoms with Gasteiger partial charge in [0.1, 0.15) is 5.75 Å². The normalized spacial score (nSPS) is 16.3. The minimum atomic E-state index is -0.299. The van der Waals surface area contributed by atoms with Crippen LogP contribution in [0.1, 0.15) is 12.8 Å². The van der Waals surface area contributed by atoms with Crippen molar-refractivity contribution in [1.29, 1.82) is 0 Å². The molecule has 146 valence electrons. The molecule has 1 aliphatic rings. The average molecular weight is 374 g/mol. The third kappa shape index (κ3) is 4.99. The summed E-state index contributed by atoms with van der Waals surface area (Å²) in [5.74, 6) is 1.23. The lowest BCUT2D eigenvalue weighted by atomic mass is 10.1. The zero-order chi connectivity index (χ0) is 19.1. The summed E-state index contributed by atoms with van der Waals surface area (Å²) in [5, 5.41) is 5.67. The molecule has 1 fully saturated rings. The molecule has 2 amide bonds. The molecule has 1 unspecified atom stereocenters. The van der Waals surface area contributed by atoms with E-state index < -0.39 is 0 Å². The van der Waals surface area contributed by atoms with Gasteiger partial charge in [-0.25, -0.2) is 9.78 Å². The van der Waals surface area contributed by atoms with Gasteiger partial charge in [0.15, 0.2) is 0 Å². The highest BCUT2D eigenvalue weighted by molar-refractivity contribution is 5.88. The first-order chi connectivity index (χ1) is 13.2. The minimum absolute atomic E-state index is 0.0938. The van der Waals surface area contributed by atoms with Crippen LogP contribution < -0.4 is 15.4 Å². The van der Waals surface area contributed by atoms with Gasteiger partial charge < -0.3 is 24.1 Å². The number of urea groups is 1. The van der Waals surface area contributed by atoms with Gasteiger partial charge in [-0.15, -0.1) is 0 Å². The standard InChI is InChI=1S/C19H26N4O4/c1-25-10-8-23-17(14-5-3-6-15(11-14)26-2)13-20-18(23)22-19(24)21-12-16-7-4-9-27-16/h3,5-6,11,13,16H,4,7-10,12H2,1-2H3,(H2,20,21,22,24). The van der Waals surface area contributed by atoms with E-state index in [1.54, 1.807) is 20.4 Å². The summed E-state index contributed by atoms with van der Waals surface area (Å²) in [6.45, 7) is 2.32. The topological polar surface area (TPSA) is 86.6 Å². The van der Waals surface area contributed by atoms with Crippen LogP contribution in [0, 0.1) is 0 Å². The number of hydrogen-bond donors (Lipinski definition) is 2. The highest BCUT2D eigenvalue weighted by Crippen LogP contribution is 2.26. The number of anilines is 1. The Labute approximate surface area is 158 Å². The Morgan fingerprint density at radius 1 is 1.41 bits per heavy atom. The van der Waals surface area contributed by atoms with Gasteiger partial charge in [0, 0.05) is 32.4 Å². The van der Waals surface area contributed by atoms with Crippen LogP contribution >= 0.6 is 0 Å². The first-order valence-corrected chi connectivity index (χ1v) is 9.06. The van der Waals surface area contributed by atoms with Crippen molar-refractivity contribution in [3.8, 4) is 17.0 Å². The molecule has 1 aliphatic heterocycles. The molecule has 8 heteroatoms. The highest BCUT2D eigenvalue weighted by atomic mass is 16.5. The maximum absolute atomic E-state index is 12.3. The molecule has 0 spiro atoms. The molecule has 1 aromatic heterocycles. The van der Waals surface area contributed by atoms with Gasteiger partial charge in [-0.2, -0.15) is 0 Å².